The van der Waals surface area contributed by atoms with Crippen LogP contribution in [0.1, 0.15) is 33.4 Å². The number of hydrogen-bond acceptors (Lipinski definition) is 0. The highest BCUT2D eigenvalue weighted by Crippen LogP contribution is 2.51. The van der Waals surface area contributed by atoms with Crippen LogP contribution in [0.15, 0.2) is 91.0 Å². The molecule has 0 unspecified atom stereocenters. The molecule has 1 heteroatoms. The van der Waals surface area contributed by atoms with Crippen LogP contribution in [-0.4, -0.2) is 4.57 Å². The summed E-state index contributed by atoms with van der Waals surface area (Å²) in [5.41, 5.74) is 18.7. The van der Waals surface area contributed by atoms with Gasteiger partial charge >= 0.3 is 0 Å². The zero-order valence-corrected chi connectivity index (χ0v) is 18.7. The van der Waals surface area contributed by atoms with E-state index in [2.05, 4.69) is 95.6 Å². The van der Waals surface area contributed by atoms with Crippen LogP contribution in [0.4, 0.5) is 0 Å². The summed E-state index contributed by atoms with van der Waals surface area (Å²) in [6.45, 7) is 0. The summed E-state index contributed by atoms with van der Waals surface area (Å²) in [7, 11) is 0. The van der Waals surface area contributed by atoms with Crippen LogP contribution in [0, 0.1) is 0 Å². The van der Waals surface area contributed by atoms with Crippen molar-refractivity contribution >= 4 is 21.8 Å². The maximum absolute atomic E-state index is 2.61. The number of nitrogens with zero attached hydrogens (tertiary/aromatic N) is 1. The topological polar surface area (TPSA) is 4.93 Å². The second-order valence-corrected chi connectivity index (χ2v) is 10.1. The van der Waals surface area contributed by atoms with Crippen LogP contribution in [0.5, 0.6) is 0 Å². The SMILES string of the molecule is c1ccc2c(c1)Cc1cc3c4ccc5c(c4n4c3c(c1-2)Cc1ccccc1-4)-c1ccccc1C5. The Kier molecular flexibility index (Phi) is 3.00. The average Bonchev–Trinajstić information content (AvgIpc) is 3.54. The van der Waals surface area contributed by atoms with Crippen LogP contribution >= 0.6 is 0 Å². The van der Waals surface area contributed by atoms with Gasteiger partial charge in [-0.3, -0.25) is 0 Å². The Bertz CT molecular complexity index is 1880. The third-order valence-corrected chi connectivity index (χ3v) is 8.42. The molecule has 0 bridgehead atoms. The molecule has 0 radical (unpaired) electrons. The van der Waals surface area contributed by atoms with Gasteiger partial charge in [0.1, 0.15) is 0 Å². The predicted molar refractivity (Wildman–Crippen MR) is 140 cm³/mol. The molecule has 0 spiro atoms. The van der Waals surface area contributed by atoms with E-state index in [4.69, 9.17) is 0 Å². The number of fused-ring (bicyclic) bond motifs is 13. The molecule has 3 aliphatic rings. The lowest BCUT2D eigenvalue weighted by molar-refractivity contribution is 1.04. The molecular weight excluding hydrogens is 410 g/mol. The van der Waals surface area contributed by atoms with Crippen molar-refractivity contribution in [3.8, 4) is 27.9 Å². The number of hydrogen-bond donors (Lipinski definition) is 0. The van der Waals surface area contributed by atoms with Crippen LogP contribution in [0.2, 0.25) is 0 Å². The number of rotatable bonds is 0. The van der Waals surface area contributed by atoms with Gasteiger partial charge in [-0.25, -0.2) is 0 Å². The fraction of sp³-hybridized carbons (Fsp3) is 0.0909. The maximum atomic E-state index is 2.61. The lowest BCUT2D eigenvalue weighted by Crippen LogP contribution is -2.09. The van der Waals surface area contributed by atoms with E-state index in [1.54, 1.807) is 0 Å². The summed E-state index contributed by atoms with van der Waals surface area (Å²) < 4.78 is 2.61. The van der Waals surface area contributed by atoms with Crippen molar-refractivity contribution in [2.75, 3.05) is 0 Å². The van der Waals surface area contributed by atoms with Crippen molar-refractivity contribution in [1.82, 2.24) is 4.57 Å². The summed E-state index contributed by atoms with van der Waals surface area (Å²) in [6.07, 6.45) is 3.07. The monoisotopic (exact) mass is 431 g/mol. The molecule has 2 aliphatic carbocycles. The van der Waals surface area contributed by atoms with Gasteiger partial charge in [-0.1, -0.05) is 78.9 Å². The van der Waals surface area contributed by atoms with Gasteiger partial charge in [0.2, 0.25) is 0 Å². The molecule has 0 N–H and O–H groups in total. The minimum atomic E-state index is 0.999. The first kappa shape index (κ1) is 17.4. The Morgan fingerprint density at radius 1 is 0.471 bits per heavy atom. The lowest BCUT2D eigenvalue weighted by atomic mass is 9.89. The zero-order valence-electron chi connectivity index (χ0n) is 18.7. The molecule has 5 aromatic carbocycles. The highest BCUT2D eigenvalue weighted by atomic mass is 15.0. The first-order chi connectivity index (χ1) is 16.9. The summed E-state index contributed by atoms with van der Waals surface area (Å²) in [5.74, 6) is 0. The first-order valence-electron chi connectivity index (χ1n) is 12.3. The van der Waals surface area contributed by atoms with E-state index in [1.165, 1.54) is 83.1 Å². The summed E-state index contributed by atoms with van der Waals surface area (Å²) in [6, 6.07) is 34.3. The van der Waals surface area contributed by atoms with E-state index in [9.17, 15) is 0 Å². The fourth-order valence-corrected chi connectivity index (χ4v) is 7.10. The van der Waals surface area contributed by atoms with Gasteiger partial charge in [-0.2, -0.15) is 0 Å². The van der Waals surface area contributed by atoms with Crippen molar-refractivity contribution in [2.24, 2.45) is 0 Å². The molecule has 158 valence electrons. The van der Waals surface area contributed by atoms with Crippen LogP contribution in [0.25, 0.3) is 49.7 Å². The fourth-order valence-electron chi connectivity index (χ4n) is 7.10. The van der Waals surface area contributed by atoms with E-state index in [0.29, 0.717) is 0 Å². The van der Waals surface area contributed by atoms with E-state index in [1.807, 2.05) is 0 Å². The third-order valence-electron chi connectivity index (χ3n) is 8.42. The van der Waals surface area contributed by atoms with Gasteiger partial charge < -0.3 is 4.57 Å². The van der Waals surface area contributed by atoms with E-state index in [-0.39, 0.29) is 0 Å². The van der Waals surface area contributed by atoms with Gasteiger partial charge in [-0.15, -0.1) is 0 Å². The molecular formula is C33H21N. The number of para-hydroxylation sites is 1. The highest BCUT2D eigenvalue weighted by molar-refractivity contribution is 6.18. The third kappa shape index (κ3) is 1.94. The molecule has 1 aromatic heterocycles. The second kappa shape index (κ2) is 5.87. The van der Waals surface area contributed by atoms with Gasteiger partial charge in [0, 0.05) is 28.4 Å². The highest BCUT2D eigenvalue weighted by Gasteiger charge is 2.32. The molecule has 34 heavy (non-hydrogen) atoms. The average molecular weight is 432 g/mol. The smallest absolute Gasteiger partial charge is 0.0622 e. The molecule has 0 saturated carbocycles. The predicted octanol–water partition coefficient (Wildman–Crippen LogP) is 7.83. The molecule has 0 amide bonds. The van der Waals surface area contributed by atoms with E-state index >= 15 is 0 Å². The normalized spacial score (nSPS) is 14.1. The number of benzene rings is 5. The summed E-state index contributed by atoms with van der Waals surface area (Å²) in [5, 5.41) is 2.81. The standard InChI is InChI=1S/C33H21N/c1-4-10-24-20(8-1)16-23-18-27-26-14-13-22-15-19-7-2-5-11-25(19)31(22)33(26)34-29-12-6-3-9-21(29)17-28(30(23)24)32(27)34/h1-14,18H,15-17H2. The van der Waals surface area contributed by atoms with Crippen molar-refractivity contribution in [3.05, 3.63) is 124 Å². The molecule has 9 rings (SSSR count). The van der Waals surface area contributed by atoms with Crippen molar-refractivity contribution in [1.29, 1.82) is 0 Å². The van der Waals surface area contributed by atoms with Crippen LogP contribution in [-0.2, 0) is 19.3 Å². The largest absolute Gasteiger partial charge is 0.308 e. The Morgan fingerprint density at radius 2 is 1.15 bits per heavy atom. The van der Waals surface area contributed by atoms with Crippen LogP contribution in [0.3, 0.4) is 0 Å². The van der Waals surface area contributed by atoms with Gasteiger partial charge in [0.05, 0.1) is 11.0 Å². The number of aromatic nitrogens is 1. The van der Waals surface area contributed by atoms with Crippen molar-refractivity contribution in [2.45, 2.75) is 19.3 Å². The van der Waals surface area contributed by atoms with Crippen molar-refractivity contribution < 1.29 is 0 Å². The Morgan fingerprint density at radius 3 is 1.97 bits per heavy atom. The molecule has 0 saturated heterocycles. The lowest BCUT2D eigenvalue weighted by Gasteiger charge is -2.23. The minimum absolute atomic E-state index is 0.999. The van der Waals surface area contributed by atoms with E-state index in [0.717, 1.165) is 19.3 Å². The van der Waals surface area contributed by atoms with Gasteiger partial charge in [-0.05, 0) is 75.0 Å². The second-order valence-electron chi connectivity index (χ2n) is 10.1. The minimum Gasteiger partial charge on any atom is -0.308 e. The Balaban J connectivity index is 1.53. The summed E-state index contributed by atoms with van der Waals surface area (Å²) >= 11 is 0. The summed E-state index contributed by atoms with van der Waals surface area (Å²) in [4.78, 5) is 0. The van der Waals surface area contributed by atoms with Crippen LogP contribution < -0.4 is 0 Å². The molecule has 1 aliphatic heterocycles. The van der Waals surface area contributed by atoms with Gasteiger partial charge in [0.25, 0.3) is 0 Å². The first-order valence-corrected chi connectivity index (χ1v) is 12.3. The van der Waals surface area contributed by atoms with Crippen molar-refractivity contribution in [3.63, 3.8) is 0 Å². The molecule has 0 atom stereocenters. The Hall–Kier alpha value is -4.10. The molecule has 6 aromatic rings. The molecule has 0 fully saturated rings. The van der Waals surface area contributed by atoms with E-state index < -0.39 is 0 Å². The Labute approximate surface area is 197 Å². The maximum Gasteiger partial charge on any atom is 0.0622 e. The van der Waals surface area contributed by atoms with Gasteiger partial charge in [0.15, 0.2) is 0 Å². The quantitative estimate of drug-likeness (QED) is 0.231. The molecule has 1 nitrogen and oxygen atoms in total. The molecule has 2 heterocycles. The zero-order chi connectivity index (χ0) is 22.0.